The van der Waals surface area contributed by atoms with E-state index in [2.05, 4.69) is 17.1 Å². The molecule has 94 valence electrons. The van der Waals surface area contributed by atoms with Crippen molar-refractivity contribution in [1.29, 1.82) is 0 Å². The summed E-state index contributed by atoms with van der Waals surface area (Å²) in [7, 11) is 0. The van der Waals surface area contributed by atoms with Gasteiger partial charge in [-0.1, -0.05) is 55.4 Å². The summed E-state index contributed by atoms with van der Waals surface area (Å²) in [6.07, 6.45) is 5.50. The van der Waals surface area contributed by atoms with Gasteiger partial charge in [-0.3, -0.25) is 4.79 Å². The van der Waals surface area contributed by atoms with Gasteiger partial charge in [0.25, 0.3) is 0 Å². The number of unbranched alkanes of at least 4 members (excludes halogenated alkanes) is 2. The largest absolute Gasteiger partial charge is 0.298 e. The number of hydrogen-bond donors (Lipinski definition) is 0. The quantitative estimate of drug-likeness (QED) is 0.587. The third kappa shape index (κ3) is 3.23. The van der Waals surface area contributed by atoms with Crippen molar-refractivity contribution < 1.29 is 4.79 Å². The molecule has 0 unspecified atom stereocenters. The van der Waals surface area contributed by atoms with E-state index >= 15 is 0 Å². The summed E-state index contributed by atoms with van der Waals surface area (Å²) in [5.41, 5.74) is 1.71. The van der Waals surface area contributed by atoms with E-state index in [0.29, 0.717) is 5.56 Å². The van der Waals surface area contributed by atoms with Crippen LogP contribution in [-0.4, -0.2) is 16.5 Å². The minimum Gasteiger partial charge on any atom is -0.298 e. The summed E-state index contributed by atoms with van der Waals surface area (Å²) < 4.78 is 0. The molecule has 0 aliphatic rings. The molecule has 4 heteroatoms. The van der Waals surface area contributed by atoms with Crippen LogP contribution in [0.25, 0.3) is 10.6 Å². The van der Waals surface area contributed by atoms with Crippen LogP contribution < -0.4 is 0 Å². The molecule has 0 N–H and O–H groups in total. The van der Waals surface area contributed by atoms with E-state index < -0.39 is 0 Å². The third-order valence-corrected chi connectivity index (χ3v) is 3.79. The Morgan fingerprint density at radius 3 is 2.61 bits per heavy atom. The lowest BCUT2D eigenvalue weighted by Crippen LogP contribution is -1.83. The zero-order chi connectivity index (χ0) is 12.8. The van der Waals surface area contributed by atoms with E-state index in [0.717, 1.165) is 28.3 Å². The average molecular weight is 260 g/mol. The maximum atomic E-state index is 10.6. The molecule has 2 aromatic rings. The van der Waals surface area contributed by atoms with Crippen LogP contribution in [0, 0.1) is 0 Å². The van der Waals surface area contributed by atoms with E-state index in [1.807, 2.05) is 12.1 Å². The van der Waals surface area contributed by atoms with E-state index in [-0.39, 0.29) is 0 Å². The summed E-state index contributed by atoms with van der Waals surface area (Å²) in [5.74, 6) is 0. The standard InChI is InChI=1S/C14H16N2OS/c1-2-3-4-5-13-15-16-14(18-13)12-8-6-11(10-17)7-9-12/h6-10H,2-5H2,1H3. The summed E-state index contributed by atoms with van der Waals surface area (Å²) in [6.45, 7) is 2.19. The molecule has 0 bridgehead atoms. The van der Waals surface area contributed by atoms with Gasteiger partial charge in [0, 0.05) is 17.5 Å². The molecule has 0 saturated carbocycles. The zero-order valence-corrected chi connectivity index (χ0v) is 11.2. The van der Waals surface area contributed by atoms with Crippen molar-refractivity contribution in [2.45, 2.75) is 32.6 Å². The monoisotopic (exact) mass is 260 g/mol. The van der Waals surface area contributed by atoms with Gasteiger partial charge in [0.2, 0.25) is 0 Å². The predicted octanol–water partition coefficient (Wildman–Crippen LogP) is 3.75. The first-order valence-corrected chi connectivity index (χ1v) is 7.03. The van der Waals surface area contributed by atoms with Crippen LogP contribution in [0.1, 0.15) is 41.6 Å². The Kier molecular flexibility index (Phi) is 4.59. The van der Waals surface area contributed by atoms with E-state index in [1.54, 1.807) is 23.5 Å². The maximum Gasteiger partial charge on any atom is 0.150 e. The van der Waals surface area contributed by atoms with Gasteiger partial charge in [-0.25, -0.2) is 0 Å². The van der Waals surface area contributed by atoms with Crippen LogP contribution in [-0.2, 0) is 6.42 Å². The van der Waals surface area contributed by atoms with Crippen molar-refractivity contribution in [3.63, 3.8) is 0 Å². The Balaban J connectivity index is 2.06. The van der Waals surface area contributed by atoms with Crippen LogP contribution in [0.15, 0.2) is 24.3 Å². The molecule has 0 saturated heterocycles. The number of carbonyl (C=O) groups is 1. The van der Waals surface area contributed by atoms with Crippen LogP contribution in [0.2, 0.25) is 0 Å². The summed E-state index contributed by atoms with van der Waals surface area (Å²) in [6, 6.07) is 7.45. The van der Waals surface area contributed by atoms with Gasteiger partial charge in [0.15, 0.2) is 0 Å². The summed E-state index contributed by atoms with van der Waals surface area (Å²) in [5, 5.41) is 10.4. The highest BCUT2D eigenvalue weighted by Gasteiger charge is 2.06. The van der Waals surface area contributed by atoms with Crippen molar-refractivity contribution in [2.24, 2.45) is 0 Å². The van der Waals surface area contributed by atoms with Gasteiger partial charge >= 0.3 is 0 Å². The first-order chi connectivity index (χ1) is 8.83. The Hall–Kier alpha value is -1.55. The Bertz CT molecular complexity index is 505. The molecule has 0 fully saturated rings. The summed E-state index contributed by atoms with van der Waals surface area (Å²) >= 11 is 1.64. The number of aldehydes is 1. The molecular weight excluding hydrogens is 244 g/mol. The SMILES string of the molecule is CCCCCc1nnc(-c2ccc(C=O)cc2)s1. The number of carbonyl (C=O) groups excluding carboxylic acids is 1. The van der Waals surface area contributed by atoms with Crippen molar-refractivity contribution in [3.8, 4) is 10.6 Å². The molecular formula is C14H16N2OS. The van der Waals surface area contributed by atoms with Crippen molar-refractivity contribution in [1.82, 2.24) is 10.2 Å². The number of aryl methyl sites for hydroxylation is 1. The highest BCUT2D eigenvalue weighted by Crippen LogP contribution is 2.24. The Labute approximate surface area is 111 Å². The maximum absolute atomic E-state index is 10.6. The van der Waals surface area contributed by atoms with Gasteiger partial charge < -0.3 is 0 Å². The molecule has 0 radical (unpaired) electrons. The molecule has 1 aromatic heterocycles. The normalized spacial score (nSPS) is 10.5. The van der Waals surface area contributed by atoms with Gasteiger partial charge in [-0.15, -0.1) is 10.2 Å². The van der Waals surface area contributed by atoms with Crippen molar-refractivity contribution >= 4 is 17.6 Å². The lowest BCUT2D eigenvalue weighted by Gasteiger charge is -1.95. The Morgan fingerprint density at radius 1 is 1.17 bits per heavy atom. The Morgan fingerprint density at radius 2 is 1.94 bits per heavy atom. The van der Waals surface area contributed by atoms with Gasteiger partial charge in [-0.2, -0.15) is 0 Å². The molecule has 2 rings (SSSR count). The number of hydrogen-bond acceptors (Lipinski definition) is 4. The van der Waals surface area contributed by atoms with Crippen LogP contribution in [0.5, 0.6) is 0 Å². The van der Waals surface area contributed by atoms with E-state index in [1.165, 1.54) is 19.3 Å². The zero-order valence-electron chi connectivity index (χ0n) is 10.4. The minimum atomic E-state index is 0.687. The summed E-state index contributed by atoms with van der Waals surface area (Å²) in [4.78, 5) is 10.6. The molecule has 0 aliphatic heterocycles. The topological polar surface area (TPSA) is 42.9 Å². The molecule has 1 aromatic carbocycles. The van der Waals surface area contributed by atoms with Gasteiger partial charge in [0.1, 0.15) is 16.3 Å². The fourth-order valence-electron chi connectivity index (χ4n) is 1.70. The second-order valence-corrected chi connectivity index (χ2v) is 5.26. The molecule has 3 nitrogen and oxygen atoms in total. The highest BCUT2D eigenvalue weighted by atomic mass is 32.1. The first-order valence-electron chi connectivity index (χ1n) is 6.21. The fourth-order valence-corrected chi connectivity index (χ4v) is 2.59. The second kappa shape index (κ2) is 6.40. The molecule has 18 heavy (non-hydrogen) atoms. The number of aromatic nitrogens is 2. The van der Waals surface area contributed by atoms with Crippen LogP contribution in [0.3, 0.4) is 0 Å². The first kappa shape index (κ1) is 12.9. The van der Waals surface area contributed by atoms with Gasteiger partial charge in [-0.05, 0) is 6.42 Å². The fraction of sp³-hybridized carbons (Fsp3) is 0.357. The lowest BCUT2D eigenvalue weighted by atomic mass is 10.2. The molecule has 1 heterocycles. The number of nitrogens with zero attached hydrogens (tertiary/aromatic N) is 2. The smallest absolute Gasteiger partial charge is 0.150 e. The van der Waals surface area contributed by atoms with Gasteiger partial charge in [0.05, 0.1) is 0 Å². The molecule has 0 atom stereocenters. The molecule has 0 spiro atoms. The van der Waals surface area contributed by atoms with Crippen molar-refractivity contribution in [2.75, 3.05) is 0 Å². The second-order valence-electron chi connectivity index (χ2n) is 4.20. The molecule has 0 aliphatic carbocycles. The third-order valence-electron chi connectivity index (χ3n) is 2.75. The minimum absolute atomic E-state index is 0.687. The lowest BCUT2D eigenvalue weighted by molar-refractivity contribution is 0.112. The molecule has 0 amide bonds. The van der Waals surface area contributed by atoms with E-state index in [9.17, 15) is 4.79 Å². The highest BCUT2D eigenvalue weighted by molar-refractivity contribution is 7.14. The van der Waals surface area contributed by atoms with Crippen LogP contribution in [0.4, 0.5) is 0 Å². The van der Waals surface area contributed by atoms with Crippen molar-refractivity contribution in [3.05, 3.63) is 34.8 Å². The number of rotatable bonds is 6. The van der Waals surface area contributed by atoms with E-state index in [4.69, 9.17) is 0 Å². The van der Waals surface area contributed by atoms with Crippen LogP contribution >= 0.6 is 11.3 Å². The predicted molar refractivity (Wildman–Crippen MR) is 74.0 cm³/mol. The number of benzene rings is 1. The average Bonchev–Trinajstić information content (AvgIpc) is 2.88.